The Balaban J connectivity index is 1.71. The van der Waals surface area contributed by atoms with Gasteiger partial charge in [-0.2, -0.15) is 0 Å². The molecule has 0 radical (unpaired) electrons. The minimum Gasteiger partial charge on any atom is -0.497 e. The molecule has 3 rings (SSSR count). The molecule has 0 spiro atoms. The van der Waals surface area contributed by atoms with Crippen LogP contribution < -0.4 is 10.1 Å². The summed E-state index contributed by atoms with van der Waals surface area (Å²) in [5.74, 6) is 1.57. The van der Waals surface area contributed by atoms with Crippen molar-refractivity contribution >= 4 is 17.7 Å². The van der Waals surface area contributed by atoms with E-state index in [0.717, 1.165) is 37.1 Å². The Labute approximate surface area is 133 Å². The van der Waals surface area contributed by atoms with E-state index in [2.05, 4.69) is 20.5 Å². The molecule has 2 aromatic rings. The first-order chi connectivity index (χ1) is 10.8. The lowest BCUT2D eigenvalue weighted by molar-refractivity contribution is -0.120. The molecular weight excluding hydrogens is 300 g/mol. The third-order valence-corrected chi connectivity index (χ3v) is 4.69. The second-order valence-electron chi connectivity index (χ2n) is 5.09. The number of amides is 1. The zero-order chi connectivity index (χ0) is 15.4. The molecule has 1 amide bonds. The molecule has 2 N–H and O–H groups in total. The van der Waals surface area contributed by atoms with Gasteiger partial charge in [0.1, 0.15) is 5.75 Å². The molecule has 6 nitrogen and oxygen atoms in total. The zero-order valence-corrected chi connectivity index (χ0v) is 13.2. The molecule has 7 heteroatoms. The summed E-state index contributed by atoms with van der Waals surface area (Å²) >= 11 is 1.42. The van der Waals surface area contributed by atoms with Crippen molar-refractivity contribution in [3.8, 4) is 17.1 Å². The highest BCUT2D eigenvalue weighted by Crippen LogP contribution is 2.27. The van der Waals surface area contributed by atoms with Gasteiger partial charge in [-0.3, -0.25) is 9.89 Å². The molecule has 0 saturated carbocycles. The van der Waals surface area contributed by atoms with Gasteiger partial charge in [0, 0.05) is 12.1 Å². The number of methoxy groups -OCH3 is 1. The van der Waals surface area contributed by atoms with E-state index in [1.165, 1.54) is 11.8 Å². The lowest BCUT2D eigenvalue weighted by atomic mass is 10.2. The largest absolute Gasteiger partial charge is 0.497 e. The quantitative estimate of drug-likeness (QED) is 0.904. The molecular formula is C15H18N4O2S. The first-order valence-corrected chi connectivity index (χ1v) is 8.15. The van der Waals surface area contributed by atoms with Crippen LogP contribution in [0.4, 0.5) is 0 Å². The molecule has 1 aliphatic heterocycles. The number of carbonyl (C=O) groups is 1. The minimum atomic E-state index is -0.109. The predicted octanol–water partition coefficient (Wildman–Crippen LogP) is 2.24. The van der Waals surface area contributed by atoms with Crippen LogP contribution >= 0.6 is 11.8 Å². The van der Waals surface area contributed by atoms with Crippen molar-refractivity contribution in [3.63, 3.8) is 0 Å². The normalized spacial score (nSPS) is 18.6. The molecule has 1 saturated heterocycles. The topological polar surface area (TPSA) is 79.9 Å². The van der Waals surface area contributed by atoms with Crippen LogP contribution in [0.3, 0.4) is 0 Å². The number of benzene rings is 1. The highest BCUT2D eigenvalue weighted by atomic mass is 32.2. The maximum Gasteiger partial charge on any atom is 0.233 e. The Morgan fingerprint density at radius 1 is 1.27 bits per heavy atom. The summed E-state index contributed by atoms with van der Waals surface area (Å²) in [7, 11) is 1.63. The van der Waals surface area contributed by atoms with Crippen LogP contribution in [0.1, 0.15) is 19.3 Å². The van der Waals surface area contributed by atoms with Gasteiger partial charge >= 0.3 is 0 Å². The fourth-order valence-electron chi connectivity index (χ4n) is 2.33. The van der Waals surface area contributed by atoms with Crippen LogP contribution in [0.5, 0.6) is 5.75 Å². The Morgan fingerprint density at radius 2 is 2.09 bits per heavy atom. The van der Waals surface area contributed by atoms with Crippen molar-refractivity contribution in [3.05, 3.63) is 24.3 Å². The summed E-state index contributed by atoms with van der Waals surface area (Å²) in [5, 5.41) is 10.6. The lowest BCUT2D eigenvalue weighted by Gasteiger charge is -2.09. The fourth-order valence-corrected chi connectivity index (χ4v) is 3.30. The van der Waals surface area contributed by atoms with Crippen molar-refractivity contribution < 1.29 is 9.53 Å². The number of thioether (sulfide) groups is 1. The standard InChI is InChI=1S/C15H18N4O2S/c1-21-11-7-5-10(6-8-11)13-17-15(19-18-13)22-12-4-2-3-9-16-14(12)20/h5-8,12H,2-4,9H2,1H3,(H,16,20)(H,17,18,19)/t12-/m0/s1. The lowest BCUT2D eigenvalue weighted by Crippen LogP contribution is -2.30. The summed E-state index contributed by atoms with van der Waals surface area (Å²) in [4.78, 5) is 16.4. The van der Waals surface area contributed by atoms with Crippen molar-refractivity contribution in [2.75, 3.05) is 13.7 Å². The van der Waals surface area contributed by atoms with Crippen molar-refractivity contribution in [1.82, 2.24) is 20.5 Å². The summed E-state index contributed by atoms with van der Waals surface area (Å²) in [5.41, 5.74) is 0.936. The Kier molecular flexibility index (Phi) is 4.62. The maximum absolute atomic E-state index is 12.0. The zero-order valence-electron chi connectivity index (χ0n) is 12.3. The maximum atomic E-state index is 12.0. The van der Waals surface area contributed by atoms with Gasteiger partial charge in [-0.15, -0.1) is 5.10 Å². The highest BCUT2D eigenvalue weighted by molar-refractivity contribution is 8.00. The number of nitrogens with one attached hydrogen (secondary N) is 2. The molecule has 1 fully saturated rings. The molecule has 1 aliphatic rings. The molecule has 2 heterocycles. The van der Waals surface area contributed by atoms with E-state index in [1.807, 2.05) is 24.3 Å². The monoisotopic (exact) mass is 318 g/mol. The molecule has 0 bridgehead atoms. The Hall–Kier alpha value is -2.02. The Morgan fingerprint density at radius 3 is 2.86 bits per heavy atom. The number of nitrogens with zero attached hydrogens (tertiary/aromatic N) is 2. The number of carbonyl (C=O) groups excluding carboxylic acids is 1. The number of rotatable bonds is 4. The summed E-state index contributed by atoms with van der Waals surface area (Å²) in [6.45, 7) is 0.765. The van der Waals surface area contributed by atoms with Crippen LogP contribution in [0, 0.1) is 0 Å². The number of H-pyrrole nitrogens is 1. The van der Waals surface area contributed by atoms with E-state index >= 15 is 0 Å². The molecule has 0 aliphatic carbocycles. The first kappa shape index (κ1) is 14.9. The van der Waals surface area contributed by atoms with Crippen LogP contribution in [0.2, 0.25) is 0 Å². The number of ether oxygens (including phenoxy) is 1. The Bertz CT molecular complexity index is 641. The molecule has 1 aromatic carbocycles. The van der Waals surface area contributed by atoms with Crippen molar-refractivity contribution in [1.29, 1.82) is 0 Å². The van der Waals surface area contributed by atoms with Gasteiger partial charge in [0.15, 0.2) is 5.82 Å². The summed E-state index contributed by atoms with van der Waals surface area (Å²) in [6.07, 6.45) is 2.95. The van der Waals surface area contributed by atoms with E-state index in [4.69, 9.17) is 4.74 Å². The third-order valence-electron chi connectivity index (χ3n) is 3.56. The van der Waals surface area contributed by atoms with E-state index in [9.17, 15) is 4.79 Å². The van der Waals surface area contributed by atoms with Crippen LogP contribution in [-0.4, -0.2) is 40.0 Å². The number of aromatic amines is 1. The van der Waals surface area contributed by atoms with E-state index in [-0.39, 0.29) is 11.2 Å². The molecule has 1 aromatic heterocycles. The van der Waals surface area contributed by atoms with Gasteiger partial charge in [-0.1, -0.05) is 18.2 Å². The minimum absolute atomic E-state index is 0.0818. The number of hydrogen-bond acceptors (Lipinski definition) is 5. The summed E-state index contributed by atoms with van der Waals surface area (Å²) in [6, 6.07) is 7.60. The van der Waals surface area contributed by atoms with Crippen LogP contribution in [0.15, 0.2) is 29.4 Å². The predicted molar refractivity (Wildman–Crippen MR) is 84.9 cm³/mol. The van der Waals surface area contributed by atoms with Crippen molar-refractivity contribution in [2.45, 2.75) is 29.7 Å². The molecule has 116 valence electrons. The fraction of sp³-hybridized carbons (Fsp3) is 0.400. The SMILES string of the molecule is COc1ccc(-c2nc(S[C@H]3CCCCNC3=O)n[nH]2)cc1. The third kappa shape index (κ3) is 3.41. The molecule has 1 atom stereocenters. The van der Waals surface area contributed by atoms with Gasteiger partial charge in [0.2, 0.25) is 11.1 Å². The second-order valence-corrected chi connectivity index (χ2v) is 6.26. The van der Waals surface area contributed by atoms with Crippen LogP contribution in [-0.2, 0) is 4.79 Å². The van der Waals surface area contributed by atoms with Crippen molar-refractivity contribution in [2.24, 2.45) is 0 Å². The number of hydrogen-bond donors (Lipinski definition) is 2. The van der Waals surface area contributed by atoms with Gasteiger partial charge in [0.05, 0.1) is 12.4 Å². The average Bonchev–Trinajstić information content (AvgIpc) is 2.92. The van der Waals surface area contributed by atoms with Crippen LogP contribution in [0.25, 0.3) is 11.4 Å². The van der Waals surface area contributed by atoms with E-state index in [0.29, 0.717) is 11.0 Å². The molecule has 0 unspecified atom stereocenters. The highest BCUT2D eigenvalue weighted by Gasteiger charge is 2.23. The van der Waals surface area contributed by atoms with E-state index < -0.39 is 0 Å². The average molecular weight is 318 g/mol. The summed E-state index contributed by atoms with van der Waals surface area (Å²) < 4.78 is 5.14. The number of aromatic nitrogens is 3. The van der Waals surface area contributed by atoms with E-state index in [1.54, 1.807) is 7.11 Å². The van der Waals surface area contributed by atoms with Gasteiger partial charge in [-0.25, -0.2) is 4.98 Å². The van der Waals surface area contributed by atoms with Gasteiger partial charge in [0.25, 0.3) is 0 Å². The molecule has 22 heavy (non-hydrogen) atoms. The van der Waals surface area contributed by atoms with Gasteiger partial charge in [-0.05, 0) is 37.1 Å². The van der Waals surface area contributed by atoms with Gasteiger partial charge < -0.3 is 10.1 Å². The second kappa shape index (κ2) is 6.83. The first-order valence-electron chi connectivity index (χ1n) is 7.27. The smallest absolute Gasteiger partial charge is 0.233 e.